The SMILES string of the molecule is CCOCCCNC(=O)c1noc(C2CCCN2)n1. The first-order valence-electron chi connectivity index (χ1n) is 6.74. The van der Waals surface area contributed by atoms with Crippen LogP contribution in [0.3, 0.4) is 0 Å². The maximum Gasteiger partial charge on any atom is 0.292 e. The second-order valence-corrected chi connectivity index (χ2v) is 4.41. The molecule has 0 spiro atoms. The van der Waals surface area contributed by atoms with Crippen LogP contribution in [-0.2, 0) is 4.74 Å². The molecule has 1 fully saturated rings. The maximum atomic E-state index is 11.7. The predicted octanol–water partition coefficient (Wildman–Crippen LogP) is 0.650. The number of rotatable bonds is 7. The summed E-state index contributed by atoms with van der Waals surface area (Å²) in [6.07, 6.45) is 2.83. The van der Waals surface area contributed by atoms with Gasteiger partial charge in [-0.1, -0.05) is 5.16 Å². The molecule has 7 heteroatoms. The van der Waals surface area contributed by atoms with Crippen LogP contribution in [0.1, 0.15) is 48.7 Å². The summed E-state index contributed by atoms with van der Waals surface area (Å²) in [6.45, 7) is 4.77. The van der Waals surface area contributed by atoms with Gasteiger partial charge in [0.1, 0.15) is 0 Å². The van der Waals surface area contributed by atoms with Gasteiger partial charge >= 0.3 is 0 Å². The summed E-state index contributed by atoms with van der Waals surface area (Å²) in [5, 5.41) is 9.69. The van der Waals surface area contributed by atoms with Gasteiger partial charge in [0.15, 0.2) is 0 Å². The minimum Gasteiger partial charge on any atom is -0.382 e. The van der Waals surface area contributed by atoms with Crippen molar-refractivity contribution >= 4 is 5.91 Å². The fourth-order valence-corrected chi connectivity index (χ4v) is 1.96. The standard InChI is InChI=1S/C12H20N4O3/c1-2-18-8-4-7-14-11(17)10-15-12(19-16-10)9-5-3-6-13-9/h9,13H,2-8H2,1H3,(H,14,17). The average molecular weight is 268 g/mol. The molecule has 2 N–H and O–H groups in total. The molecule has 1 aromatic heterocycles. The number of ether oxygens (including phenoxy) is 1. The third kappa shape index (κ3) is 4.00. The van der Waals surface area contributed by atoms with E-state index in [2.05, 4.69) is 20.8 Å². The second-order valence-electron chi connectivity index (χ2n) is 4.41. The van der Waals surface area contributed by atoms with E-state index in [1.165, 1.54) is 0 Å². The summed E-state index contributed by atoms with van der Waals surface area (Å²) in [5.41, 5.74) is 0. The van der Waals surface area contributed by atoms with Crippen LogP contribution in [0.5, 0.6) is 0 Å². The van der Waals surface area contributed by atoms with Gasteiger partial charge in [-0.15, -0.1) is 0 Å². The van der Waals surface area contributed by atoms with E-state index in [-0.39, 0.29) is 17.8 Å². The molecule has 1 amide bonds. The zero-order chi connectivity index (χ0) is 13.5. The normalized spacial score (nSPS) is 18.7. The Kier molecular flexibility index (Phi) is 5.29. The van der Waals surface area contributed by atoms with Gasteiger partial charge in [0.2, 0.25) is 5.89 Å². The summed E-state index contributed by atoms with van der Waals surface area (Å²) in [5.74, 6) is 0.293. The van der Waals surface area contributed by atoms with Crippen LogP contribution >= 0.6 is 0 Å². The van der Waals surface area contributed by atoms with Gasteiger partial charge in [0.25, 0.3) is 11.7 Å². The monoisotopic (exact) mass is 268 g/mol. The summed E-state index contributed by atoms with van der Waals surface area (Å²) in [4.78, 5) is 15.9. The van der Waals surface area contributed by atoms with Crippen molar-refractivity contribution in [1.82, 2.24) is 20.8 Å². The van der Waals surface area contributed by atoms with Gasteiger partial charge in [-0.25, -0.2) is 0 Å². The highest BCUT2D eigenvalue weighted by molar-refractivity contribution is 5.90. The van der Waals surface area contributed by atoms with Crippen molar-refractivity contribution in [2.45, 2.75) is 32.2 Å². The Balaban J connectivity index is 1.76. The molecule has 1 aromatic rings. The largest absolute Gasteiger partial charge is 0.382 e. The number of nitrogens with one attached hydrogen (secondary N) is 2. The predicted molar refractivity (Wildman–Crippen MR) is 67.7 cm³/mol. The smallest absolute Gasteiger partial charge is 0.292 e. The number of aromatic nitrogens is 2. The van der Waals surface area contributed by atoms with Crippen LogP contribution in [0.4, 0.5) is 0 Å². The van der Waals surface area contributed by atoms with Crippen LogP contribution in [-0.4, -0.2) is 42.4 Å². The molecule has 1 aliphatic heterocycles. The molecule has 0 radical (unpaired) electrons. The lowest BCUT2D eigenvalue weighted by molar-refractivity contribution is 0.0931. The van der Waals surface area contributed by atoms with E-state index in [1.54, 1.807) is 0 Å². The first-order valence-corrected chi connectivity index (χ1v) is 6.74. The molecular formula is C12H20N4O3. The van der Waals surface area contributed by atoms with Crippen molar-refractivity contribution in [3.05, 3.63) is 11.7 Å². The van der Waals surface area contributed by atoms with Crippen molar-refractivity contribution in [2.75, 3.05) is 26.3 Å². The van der Waals surface area contributed by atoms with E-state index in [0.29, 0.717) is 25.6 Å². The molecular weight excluding hydrogens is 248 g/mol. The Morgan fingerprint density at radius 2 is 2.53 bits per heavy atom. The van der Waals surface area contributed by atoms with Crippen molar-refractivity contribution in [3.63, 3.8) is 0 Å². The number of carbonyl (C=O) groups excluding carboxylic acids is 1. The van der Waals surface area contributed by atoms with Crippen molar-refractivity contribution in [2.24, 2.45) is 0 Å². The average Bonchev–Trinajstić information content (AvgIpc) is 3.08. The molecule has 7 nitrogen and oxygen atoms in total. The maximum absolute atomic E-state index is 11.7. The lowest BCUT2D eigenvalue weighted by Crippen LogP contribution is -2.26. The summed E-state index contributed by atoms with van der Waals surface area (Å²) in [6, 6.07) is 0.0898. The van der Waals surface area contributed by atoms with E-state index in [9.17, 15) is 4.79 Å². The van der Waals surface area contributed by atoms with Crippen LogP contribution in [0.25, 0.3) is 0 Å². The lowest BCUT2D eigenvalue weighted by Gasteiger charge is -2.02. The first-order chi connectivity index (χ1) is 9.31. The molecule has 0 aliphatic carbocycles. The minimum absolute atomic E-state index is 0.0898. The van der Waals surface area contributed by atoms with Gasteiger partial charge in [0, 0.05) is 19.8 Å². The van der Waals surface area contributed by atoms with Crippen molar-refractivity contribution < 1.29 is 14.1 Å². The van der Waals surface area contributed by atoms with Crippen LogP contribution < -0.4 is 10.6 Å². The molecule has 1 aliphatic rings. The molecule has 0 saturated carbocycles. The van der Waals surface area contributed by atoms with Gasteiger partial charge in [-0.05, 0) is 32.7 Å². The van der Waals surface area contributed by atoms with E-state index in [4.69, 9.17) is 9.26 Å². The highest BCUT2D eigenvalue weighted by Gasteiger charge is 2.24. The Hall–Kier alpha value is -1.47. The fraction of sp³-hybridized carbons (Fsp3) is 0.750. The first kappa shape index (κ1) is 14.0. The molecule has 1 saturated heterocycles. The third-order valence-corrected chi connectivity index (χ3v) is 2.96. The molecule has 2 heterocycles. The van der Waals surface area contributed by atoms with Gasteiger partial charge in [0.05, 0.1) is 6.04 Å². The van der Waals surface area contributed by atoms with E-state index < -0.39 is 0 Å². The molecule has 1 atom stereocenters. The number of hydrogen-bond acceptors (Lipinski definition) is 6. The van der Waals surface area contributed by atoms with E-state index in [1.807, 2.05) is 6.92 Å². The molecule has 106 valence electrons. The molecule has 19 heavy (non-hydrogen) atoms. The highest BCUT2D eigenvalue weighted by Crippen LogP contribution is 2.20. The zero-order valence-electron chi connectivity index (χ0n) is 11.1. The third-order valence-electron chi connectivity index (χ3n) is 2.96. The Labute approximate surface area is 112 Å². The molecule has 0 bridgehead atoms. The van der Waals surface area contributed by atoms with E-state index >= 15 is 0 Å². The minimum atomic E-state index is -0.301. The Morgan fingerprint density at radius 3 is 3.26 bits per heavy atom. The summed E-state index contributed by atoms with van der Waals surface area (Å²) < 4.78 is 10.3. The van der Waals surface area contributed by atoms with Crippen molar-refractivity contribution in [3.8, 4) is 0 Å². The summed E-state index contributed by atoms with van der Waals surface area (Å²) in [7, 11) is 0. The van der Waals surface area contributed by atoms with Gasteiger partial charge < -0.3 is 19.9 Å². The van der Waals surface area contributed by atoms with Crippen LogP contribution in [0.2, 0.25) is 0 Å². The van der Waals surface area contributed by atoms with Crippen LogP contribution in [0.15, 0.2) is 4.52 Å². The van der Waals surface area contributed by atoms with Crippen LogP contribution in [0, 0.1) is 0 Å². The quantitative estimate of drug-likeness (QED) is 0.706. The Bertz CT molecular complexity index is 401. The highest BCUT2D eigenvalue weighted by atomic mass is 16.5. The van der Waals surface area contributed by atoms with E-state index in [0.717, 1.165) is 25.8 Å². The molecule has 0 aromatic carbocycles. The van der Waals surface area contributed by atoms with Gasteiger partial charge in [-0.3, -0.25) is 4.79 Å². The zero-order valence-corrected chi connectivity index (χ0v) is 11.1. The topological polar surface area (TPSA) is 89.3 Å². The number of hydrogen-bond donors (Lipinski definition) is 2. The van der Waals surface area contributed by atoms with Crippen molar-refractivity contribution in [1.29, 1.82) is 0 Å². The molecule has 1 unspecified atom stereocenters. The Morgan fingerprint density at radius 1 is 1.63 bits per heavy atom. The number of carbonyl (C=O) groups is 1. The number of amides is 1. The molecule has 2 rings (SSSR count). The lowest BCUT2D eigenvalue weighted by atomic mass is 10.2. The fourth-order valence-electron chi connectivity index (χ4n) is 1.96. The van der Waals surface area contributed by atoms with Gasteiger partial charge in [-0.2, -0.15) is 4.98 Å². The summed E-state index contributed by atoms with van der Waals surface area (Å²) >= 11 is 0. The second kappa shape index (κ2) is 7.20. The number of nitrogens with zero attached hydrogens (tertiary/aromatic N) is 2.